The fourth-order valence-electron chi connectivity index (χ4n) is 2.22. The summed E-state index contributed by atoms with van der Waals surface area (Å²) in [6, 6.07) is 5.29. The second-order valence-electron chi connectivity index (χ2n) is 4.37. The third-order valence-electron chi connectivity index (χ3n) is 3.19. The first-order valence-electron chi connectivity index (χ1n) is 5.93. The van der Waals surface area contributed by atoms with Crippen LogP contribution in [0.4, 0.5) is 0 Å². The number of carbonyl (C=O) groups is 1. The number of nitrogens with zero attached hydrogens (tertiary/aromatic N) is 1. The molecule has 0 saturated carbocycles. The number of aliphatic carboxylic acids is 1. The van der Waals surface area contributed by atoms with Crippen molar-refractivity contribution in [2.75, 3.05) is 0 Å². The lowest BCUT2D eigenvalue weighted by molar-refractivity contribution is -0.129. The second-order valence-corrected chi connectivity index (χ2v) is 5.22. The van der Waals surface area contributed by atoms with Crippen molar-refractivity contribution in [3.05, 3.63) is 33.8 Å². The fraction of sp³-hybridized carbons (Fsp3) is 0.385. The standard InChI is InChI=1S/C13H13Cl2NO3/c1-2-8(9-4-3-7(14)5-10(9)15)12-6-11(13(17)18)16-19-12/h3-5,8,12H,2,6H2,1H3,(H,17,18). The molecule has 1 aromatic rings. The van der Waals surface area contributed by atoms with Gasteiger partial charge in [0.05, 0.1) is 0 Å². The molecule has 0 fully saturated rings. The van der Waals surface area contributed by atoms with Crippen LogP contribution in [0.2, 0.25) is 10.0 Å². The Morgan fingerprint density at radius 2 is 2.32 bits per heavy atom. The van der Waals surface area contributed by atoms with E-state index in [-0.39, 0.29) is 24.2 Å². The summed E-state index contributed by atoms with van der Waals surface area (Å²) in [5.41, 5.74) is 0.953. The van der Waals surface area contributed by atoms with Gasteiger partial charge in [0.25, 0.3) is 0 Å². The van der Waals surface area contributed by atoms with E-state index >= 15 is 0 Å². The van der Waals surface area contributed by atoms with Crippen molar-refractivity contribution < 1.29 is 14.7 Å². The first kappa shape index (κ1) is 14.2. The first-order chi connectivity index (χ1) is 9.02. The molecule has 0 radical (unpaired) electrons. The lowest BCUT2D eigenvalue weighted by Gasteiger charge is -2.21. The number of carboxylic acid groups (broad SMARTS) is 1. The van der Waals surface area contributed by atoms with Gasteiger partial charge in [0.2, 0.25) is 0 Å². The number of benzene rings is 1. The van der Waals surface area contributed by atoms with Crippen LogP contribution in [-0.4, -0.2) is 22.9 Å². The van der Waals surface area contributed by atoms with E-state index in [9.17, 15) is 4.79 Å². The number of hydrogen-bond acceptors (Lipinski definition) is 3. The summed E-state index contributed by atoms with van der Waals surface area (Å²) in [4.78, 5) is 16.1. The van der Waals surface area contributed by atoms with Gasteiger partial charge in [-0.2, -0.15) is 0 Å². The average Bonchev–Trinajstić information content (AvgIpc) is 2.82. The molecular weight excluding hydrogens is 289 g/mol. The summed E-state index contributed by atoms with van der Waals surface area (Å²) in [5.74, 6) is -1.05. The Kier molecular flexibility index (Phi) is 4.32. The van der Waals surface area contributed by atoms with Gasteiger partial charge in [0.15, 0.2) is 5.71 Å². The maximum absolute atomic E-state index is 10.9. The fourth-order valence-corrected chi connectivity index (χ4v) is 2.77. The van der Waals surface area contributed by atoms with Crippen molar-refractivity contribution >= 4 is 34.9 Å². The van der Waals surface area contributed by atoms with Gasteiger partial charge < -0.3 is 9.94 Å². The minimum absolute atomic E-state index is 0.00892. The number of hydrogen-bond donors (Lipinski definition) is 1. The summed E-state index contributed by atoms with van der Waals surface area (Å²) in [6.45, 7) is 2.00. The molecule has 1 aliphatic heterocycles. The maximum atomic E-state index is 10.9. The molecule has 2 atom stereocenters. The highest BCUT2D eigenvalue weighted by molar-refractivity contribution is 6.36. The van der Waals surface area contributed by atoms with Crippen molar-refractivity contribution in [2.24, 2.45) is 5.16 Å². The second kappa shape index (κ2) is 5.80. The van der Waals surface area contributed by atoms with Gasteiger partial charge >= 0.3 is 5.97 Å². The molecule has 1 N–H and O–H groups in total. The summed E-state index contributed by atoms with van der Waals surface area (Å²) in [7, 11) is 0. The Labute approximate surface area is 121 Å². The maximum Gasteiger partial charge on any atom is 0.353 e. The minimum atomic E-state index is -1.04. The molecule has 1 aliphatic rings. The summed E-state index contributed by atoms with van der Waals surface area (Å²) in [5, 5.41) is 13.6. The van der Waals surface area contributed by atoms with E-state index in [2.05, 4.69) is 5.16 Å². The van der Waals surface area contributed by atoms with Gasteiger partial charge in [-0.3, -0.25) is 0 Å². The zero-order valence-corrected chi connectivity index (χ0v) is 11.8. The average molecular weight is 302 g/mol. The van der Waals surface area contributed by atoms with Gasteiger partial charge in [-0.25, -0.2) is 4.79 Å². The molecule has 102 valence electrons. The smallest absolute Gasteiger partial charge is 0.353 e. The number of oxime groups is 1. The zero-order chi connectivity index (χ0) is 14.0. The molecule has 6 heteroatoms. The number of halogens is 2. The van der Waals surface area contributed by atoms with Gasteiger partial charge in [-0.1, -0.05) is 41.3 Å². The Balaban J connectivity index is 2.20. The molecule has 0 bridgehead atoms. The highest BCUT2D eigenvalue weighted by Gasteiger charge is 2.33. The Morgan fingerprint density at radius 3 is 2.84 bits per heavy atom. The quantitative estimate of drug-likeness (QED) is 0.922. The number of rotatable bonds is 4. The molecule has 0 saturated heterocycles. The molecule has 1 aromatic carbocycles. The molecule has 0 amide bonds. The van der Waals surface area contributed by atoms with Crippen LogP contribution in [0.15, 0.2) is 23.4 Å². The zero-order valence-electron chi connectivity index (χ0n) is 10.3. The molecule has 19 heavy (non-hydrogen) atoms. The van der Waals surface area contributed by atoms with E-state index in [1.165, 1.54) is 0 Å². The van der Waals surface area contributed by atoms with Gasteiger partial charge in [-0.05, 0) is 24.1 Å². The highest BCUT2D eigenvalue weighted by atomic mass is 35.5. The summed E-state index contributed by atoms with van der Waals surface area (Å²) < 4.78 is 0. The molecular formula is C13H13Cl2NO3. The predicted molar refractivity (Wildman–Crippen MR) is 74.1 cm³/mol. The minimum Gasteiger partial charge on any atom is -0.477 e. The van der Waals surface area contributed by atoms with Crippen LogP contribution in [0, 0.1) is 0 Å². The monoisotopic (exact) mass is 301 g/mol. The van der Waals surface area contributed by atoms with E-state index in [4.69, 9.17) is 33.1 Å². The Morgan fingerprint density at radius 1 is 1.58 bits per heavy atom. The molecule has 2 rings (SSSR count). The van der Waals surface area contributed by atoms with E-state index in [0.29, 0.717) is 10.0 Å². The lowest BCUT2D eigenvalue weighted by Crippen LogP contribution is -2.21. The van der Waals surface area contributed by atoms with E-state index in [1.807, 2.05) is 13.0 Å². The van der Waals surface area contributed by atoms with Crippen LogP contribution in [0.1, 0.15) is 31.2 Å². The SMILES string of the molecule is CCC(c1ccc(Cl)cc1Cl)C1CC(C(=O)O)=NO1. The molecule has 2 unspecified atom stereocenters. The third kappa shape index (κ3) is 3.01. The van der Waals surface area contributed by atoms with Crippen molar-refractivity contribution in [3.63, 3.8) is 0 Å². The topological polar surface area (TPSA) is 58.9 Å². The van der Waals surface area contributed by atoms with Crippen LogP contribution in [0.3, 0.4) is 0 Å². The molecule has 0 aromatic heterocycles. The van der Waals surface area contributed by atoms with Crippen molar-refractivity contribution in [2.45, 2.75) is 31.8 Å². The predicted octanol–water partition coefficient (Wildman–Crippen LogP) is 3.72. The van der Waals surface area contributed by atoms with Crippen LogP contribution < -0.4 is 0 Å². The van der Waals surface area contributed by atoms with Crippen LogP contribution in [-0.2, 0) is 9.63 Å². The molecule has 0 spiro atoms. The lowest BCUT2D eigenvalue weighted by atomic mass is 9.88. The van der Waals surface area contributed by atoms with Gasteiger partial charge in [-0.15, -0.1) is 0 Å². The number of carboxylic acids is 1. The van der Waals surface area contributed by atoms with E-state index in [0.717, 1.165) is 12.0 Å². The van der Waals surface area contributed by atoms with Gasteiger partial charge in [0.1, 0.15) is 6.10 Å². The largest absolute Gasteiger partial charge is 0.477 e. The van der Waals surface area contributed by atoms with E-state index < -0.39 is 5.97 Å². The van der Waals surface area contributed by atoms with Crippen molar-refractivity contribution in [1.29, 1.82) is 0 Å². The van der Waals surface area contributed by atoms with E-state index in [1.54, 1.807) is 12.1 Å². The summed E-state index contributed by atoms with van der Waals surface area (Å²) >= 11 is 12.1. The van der Waals surface area contributed by atoms with Crippen LogP contribution in [0.5, 0.6) is 0 Å². The normalized spacial score (nSPS) is 19.7. The molecule has 4 nitrogen and oxygen atoms in total. The van der Waals surface area contributed by atoms with Gasteiger partial charge in [0, 0.05) is 22.4 Å². The van der Waals surface area contributed by atoms with Crippen molar-refractivity contribution in [1.82, 2.24) is 0 Å². The van der Waals surface area contributed by atoms with Crippen LogP contribution >= 0.6 is 23.2 Å². The summed E-state index contributed by atoms with van der Waals surface area (Å²) in [6.07, 6.45) is 0.760. The first-order valence-corrected chi connectivity index (χ1v) is 6.69. The van der Waals surface area contributed by atoms with Crippen molar-refractivity contribution in [3.8, 4) is 0 Å². The van der Waals surface area contributed by atoms with Crippen LogP contribution in [0.25, 0.3) is 0 Å². The molecule has 1 heterocycles. The third-order valence-corrected chi connectivity index (χ3v) is 3.75. The Hall–Kier alpha value is -1.26. The molecule has 0 aliphatic carbocycles. The highest BCUT2D eigenvalue weighted by Crippen LogP contribution is 2.35. The Bertz CT molecular complexity index is 531.